The standard InChI is InChI=1S/C16H25N3O2/c1-11(2)13-8-12(15(20)21)9-14(18-13)17-10-16(19(3)4)6-5-7-16/h8-9,11H,5-7,10H2,1-4H3,(H,17,18)(H,20,21). The number of anilines is 1. The number of hydrogen-bond donors (Lipinski definition) is 2. The van der Waals surface area contributed by atoms with E-state index in [1.54, 1.807) is 12.1 Å². The lowest BCUT2D eigenvalue weighted by Crippen LogP contribution is -2.54. The van der Waals surface area contributed by atoms with Crippen molar-refractivity contribution in [2.75, 3.05) is 26.0 Å². The first kappa shape index (κ1) is 15.8. The molecule has 0 atom stereocenters. The second-order valence-corrected chi connectivity index (χ2v) is 6.45. The number of aromatic nitrogens is 1. The summed E-state index contributed by atoms with van der Waals surface area (Å²) in [4.78, 5) is 18.0. The molecule has 21 heavy (non-hydrogen) atoms. The molecule has 0 unspecified atom stereocenters. The Morgan fingerprint density at radius 2 is 2.10 bits per heavy atom. The second-order valence-electron chi connectivity index (χ2n) is 6.45. The summed E-state index contributed by atoms with van der Waals surface area (Å²) in [5.41, 5.74) is 1.28. The number of carboxylic acids is 1. The van der Waals surface area contributed by atoms with Gasteiger partial charge >= 0.3 is 5.97 Å². The Labute approximate surface area is 126 Å². The van der Waals surface area contributed by atoms with Crippen molar-refractivity contribution in [3.63, 3.8) is 0 Å². The van der Waals surface area contributed by atoms with Crippen molar-refractivity contribution in [1.82, 2.24) is 9.88 Å². The molecule has 0 amide bonds. The molecule has 1 aromatic heterocycles. The van der Waals surface area contributed by atoms with E-state index in [-0.39, 0.29) is 11.5 Å². The predicted molar refractivity (Wildman–Crippen MR) is 84.0 cm³/mol. The molecule has 0 aliphatic heterocycles. The zero-order valence-corrected chi connectivity index (χ0v) is 13.3. The molecule has 116 valence electrons. The fraction of sp³-hybridized carbons (Fsp3) is 0.625. The Morgan fingerprint density at radius 3 is 2.52 bits per heavy atom. The highest BCUT2D eigenvalue weighted by atomic mass is 16.4. The van der Waals surface area contributed by atoms with Gasteiger partial charge in [0.1, 0.15) is 5.82 Å². The van der Waals surface area contributed by atoms with Crippen molar-refractivity contribution in [2.24, 2.45) is 0 Å². The van der Waals surface area contributed by atoms with Gasteiger partial charge in [-0.1, -0.05) is 13.8 Å². The van der Waals surface area contributed by atoms with E-state index in [0.29, 0.717) is 11.4 Å². The van der Waals surface area contributed by atoms with Crippen LogP contribution in [0.4, 0.5) is 5.82 Å². The van der Waals surface area contributed by atoms with Crippen molar-refractivity contribution in [2.45, 2.75) is 44.6 Å². The van der Waals surface area contributed by atoms with Gasteiger partial charge in [-0.3, -0.25) is 0 Å². The highest BCUT2D eigenvalue weighted by Gasteiger charge is 2.38. The van der Waals surface area contributed by atoms with Gasteiger partial charge in [0, 0.05) is 17.8 Å². The molecule has 0 radical (unpaired) electrons. The van der Waals surface area contributed by atoms with E-state index in [1.807, 2.05) is 13.8 Å². The number of hydrogen-bond acceptors (Lipinski definition) is 4. The molecule has 0 spiro atoms. The summed E-state index contributed by atoms with van der Waals surface area (Å²) < 4.78 is 0. The maximum Gasteiger partial charge on any atom is 0.335 e. The maximum atomic E-state index is 11.2. The number of rotatable bonds is 6. The van der Waals surface area contributed by atoms with E-state index in [0.717, 1.165) is 12.2 Å². The number of pyridine rings is 1. The molecule has 1 heterocycles. The van der Waals surface area contributed by atoms with Crippen LogP contribution in [-0.4, -0.2) is 47.1 Å². The average Bonchev–Trinajstić information content (AvgIpc) is 2.36. The molecule has 1 aliphatic carbocycles. The Balaban J connectivity index is 2.17. The first-order chi connectivity index (χ1) is 9.84. The molecule has 1 aromatic rings. The van der Waals surface area contributed by atoms with Crippen LogP contribution >= 0.6 is 0 Å². The van der Waals surface area contributed by atoms with Gasteiger partial charge < -0.3 is 15.3 Å². The fourth-order valence-electron chi connectivity index (χ4n) is 2.68. The summed E-state index contributed by atoms with van der Waals surface area (Å²) in [5.74, 6) is -0.0450. The third-order valence-electron chi connectivity index (χ3n) is 4.52. The van der Waals surface area contributed by atoms with Crippen LogP contribution in [0, 0.1) is 0 Å². The molecule has 5 heteroatoms. The van der Waals surface area contributed by atoms with Gasteiger partial charge in [0.05, 0.1) is 5.56 Å². The minimum Gasteiger partial charge on any atom is -0.478 e. The van der Waals surface area contributed by atoms with Gasteiger partial charge in [0.15, 0.2) is 0 Å². The highest BCUT2D eigenvalue weighted by molar-refractivity contribution is 5.88. The number of carbonyl (C=O) groups is 1. The average molecular weight is 291 g/mol. The van der Waals surface area contributed by atoms with Crippen molar-refractivity contribution in [3.05, 3.63) is 23.4 Å². The topological polar surface area (TPSA) is 65.5 Å². The molecule has 0 aromatic carbocycles. The third-order valence-corrected chi connectivity index (χ3v) is 4.52. The zero-order valence-electron chi connectivity index (χ0n) is 13.3. The molecule has 2 rings (SSSR count). The largest absolute Gasteiger partial charge is 0.478 e. The van der Waals surface area contributed by atoms with Gasteiger partial charge in [-0.25, -0.2) is 9.78 Å². The van der Waals surface area contributed by atoms with Crippen molar-refractivity contribution >= 4 is 11.8 Å². The van der Waals surface area contributed by atoms with Crippen LogP contribution in [0.15, 0.2) is 12.1 Å². The van der Waals surface area contributed by atoms with Gasteiger partial charge in [0.25, 0.3) is 0 Å². The smallest absolute Gasteiger partial charge is 0.335 e. The Kier molecular flexibility index (Phi) is 4.52. The van der Waals surface area contributed by atoms with Crippen molar-refractivity contribution in [1.29, 1.82) is 0 Å². The van der Waals surface area contributed by atoms with Crippen LogP contribution in [-0.2, 0) is 0 Å². The summed E-state index contributed by atoms with van der Waals surface area (Å²) in [6, 6.07) is 3.28. The fourth-order valence-corrected chi connectivity index (χ4v) is 2.68. The summed E-state index contributed by atoms with van der Waals surface area (Å²) in [7, 11) is 4.20. The minimum absolute atomic E-state index is 0.179. The predicted octanol–water partition coefficient (Wildman–Crippen LogP) is 2.80. The molecular formula is C16H25N3O2. The molecule has 1 aliphatic rings. The van der Waals surface area contributed by atoms with Crippen LogP contribution < -0.4 is 5.32 Å². The number of carboxylic acid groups (broad SMARTS) is 1. The van der Waals surface area contributed by atoms with Crippen LogP contribution in [0.5, 0.6) is 0 Å². The number of nitrogens with zero attached hydrogens (tertiary/aromatic N) is 2. The van der Waals surface area contributed by atoms with Gasteiger partial charge in [-0.2, -0.15) is 0 Å². The Morgan fingerprint density at radius 1 is 1.43 bits per heavy atom. The molecule has 0 bridgehead atoms. The van der Waals surface area contributed by atoms with Gasteiger partial charge in [-0.15, -0.1) is 0 Å². The van der Waals surface area contributed by atoms with Gasteiger partial charge in [-0.05, 0) is 51.4 Å². The number of nitrogens with one attached hydrogen (secondary N) is 1. The lowest BCUT2D eigenvalue weighted by atomic mass is 9.75. The zero-order chi connectivity index (χ0) is 15.6. The van der Waals surface area contributed by atoms with Gasteiger partial charge in [0.2, 0.25) is 0 Å². The lowest BCUT2D eigenvalue weighted by molar-refractivity contribution is 0.0696. The summed E-state index contributed by atoms with van der Waals surface area (Å²) in [6.45, 7) is 4.84. The summed E-state index contributed by atoms with van der Waals surface area (Å²) in [5, 5.41) is 12.6. The maximum absolute atomic E-state index is 11.2. The van der Waals surface area contributed by atoms with Crippen LogP contribution in [0.1, 0.15) is 55.1 Å². The van der Waals surface area contributed by atoms with E-state index in [4.69, 9.17) is 0 Å². The first-order valence-electron chi connectivity index (χ1n) is 7.51. The number of likely N-dealkylation sites (N-methyl/N-ethyl adjacent to an activating group) is 1. The first-order valence-corrected chi connectivity index (χ1v) is 7.51. The lowest BCUT2D eigenvalue weighted by Gasteiger charge is -2.47. The van der Waals surface area contributed by atoms with E-state index in [2.05, 4.69) is 29.3 Å². The van der Waals surface area contributed by atoms with Crippen molar-refractivity contribution in [3.8, 4) is 0 Å². The van der Waals surface area contributed by atoms with Crippen LogP contribution in [0.3, 0.4) is 0 Å². The van der Waals surface area contributed by atoms with E-state index >= 15 is 0 Å². The molecule has 1 saturated carbocycles. The minimum atomic E-state index is -0.909. The van der Waals surface area contributed by atoms with Crippen LogP contribution in [0.2, 0.25) is 0 Å². The molecule has 2 N–H and O–H groups in total. The quantitative estimate of drug-likeness (QED) is 0.843. The summed E-state index contributed by atoms with van der Waals surface area (Å²) in [6.07, 6.45) is 3.59. The van der Waals surface area contributed by atoms with E-state index in [1.165, 1.54) is 19.3 Å². The second kappa shape index (κ2) is 6.02. The van der Waals surface area contributed by atoms with Crippen molar-refractivity contribution < 1.29 is 9.90 Å². The monoisotopic (exact) mass is 291 g/mol. The molecular weight excluding hydrogens is 266 g/mol. The third kappa shape index (κ3) is 3.35. The number of aromatic carboxylic acids is 1. The van der Waals surface area contributed by atoms with E-state index in [9.17, 15) is 9.90 Å². The van der Waals surface area contributed by atoms with E-state index < -0.39 is 5.97 Å². The molecule has 5 nitrogen and oxygen atoms in total. The molecule has 1 fully saturated rings. The SMILES string of the molecule is CC(C)c1cc(C(=O)O)cc(NCC2(N(C)C)CCC2)n1. The van der Waals surface area contributed by atoms with Crippen LogP contribution in [0.25, 0.3) is 0 Å². The summed E-state index contributed by atoms with van der Waals surface area (Å²) >= 11 is 0. The normalized spacial score (nSPS) is 16.9. The highest BCUT2D eigenvalue weighted by Crippen LogP contribution is 2.36. The Bertz CT molecular complexity index is 522. The molecule has 0 saturated heterocycles. The Hall–Kier alpha value is -1.62.